The monoisotopic (exact) mass is 390 g/mol. The third-order valence-electron chi connectivity index (χ3n) is 4.48. The van der Waals surface area contributed by atoms with Crippen molar-refractivity contribution >= 4 is 17.2 Å². The minimum Gasteiger partial charge on any atom is -0.494 e. The first kappa shape index (κ1) is 22.0. The molecule has 2 N–H and O–H groups in total. The van der Waals surface area contributed by atoms with Crippen molar-refractivity contribution in [3.8, 4) is 0 Å². The van der Waals surface area contributed by atoms with Gasteiger partial charge < -0.3 is 15.4 Å². The summed E-state index contributed by atoms with van der Waals surface area (Å²) in [5.41, 5.74) is 12.1. The Morgan fingerprint density at radius 3 is 2.34 bits per heavy atom. The molecule has 29 heavy (non-hydrogen) atoms. The number of ether oxygens (including phenoxy) is 1. The van der Waals surface area contributed by atoms with Crippen LogP contribution in [-0.4, -0.2) is 32.2 Å². The van der Waals surface area contributed by atoms with Crippen LogP contribution in [0.3, 0.4) is 0 Å². The predicted octanol–water partition coefficient (Wildman–Crippen LogP) is 4.75. The largest absolute Gasteiger partial charge is 0.494 e. The maximum absolute atomic E-state index is 6.12. The van der Waals surface area contributed by atoms with Gasteiger partial charge in [0.05, 0.1) is 12.3 Å². The number of benzene rings is 1. The molecule has 0 bridgehead atoms. The summed E-state index contributed by atoms with van der Waals surface area (Å²) in [5, 5.41) is 0. The highest BCUT2D eigenvalue weighted by molar-refractivity contribution is 6.01. The lowest BCUT2D eigenvalue weighted by molar-refractivity contribution is 0.267. The Morgan fingerprint density at radius 1 is 1.14 bits per heavy atom. The van der Waals surface area contributed by atoms with Crippen molar-refractivity contribution in [2.75, 3.05) is 25.6 Å². The summed E-state index contributed by atoms with van der Waals surface area (Å²) < 4.78 is 5.38. The average Bonchev–Trinajstić information content (AvgIpc) is 3.05. The van der Waals surface area contributed by atoms with E-state index >= 15 is 0 Å². The number of rotatable bonds is 7. The Balaban J connectivity index is 2.08. The zero-order valence-corrected chi connectivity index (χ0v) is 17.8. The number of amidine groups is 1. The summed E-state index contributed by atoms with van der Waals surface area (Å²) in [6, 6.07) is 7.88. The molecule has 0 radical (unpaired) electrons. The summed E-state index contributed by atoms with van der Waals surface area (Å²) in [5.74, 6) is 1.13. The molecule has 0 unspecified atom stereocenters. The molecule has 1 aromatic carbocycles. The van der Waals surface area contributed by atoms with Gasteiger partial charge in [0.15, 0.2) is 0 Å². The number of hydrogen-bond donors (Lipinski definition) is 1. The molecule has 2 rings (SSSR count). The summed E-state index contributed by atoms with van der Waals surface area (Å²) in [6.45, 7) is 16.4. The Bertz CT molecular complexity index is 928. The van der Waals surface area contributed by atoms with E-state index in [0.29, 0.717) is 23.9 Å². The van der Waals surface area contributed by atoms with E-state index < -0.39 is 0 Å². The topological polar surface area (TPSA) is 63.2 Å². The van der Waals surface area contributed by atoms with Crippen molar-refractivity contribution < 1.29 is 4.74 Å². The van der Waals surface area contributed by atoms with Crippen molar-refractivity contribution in [2.45, 2.75) is 20.3 Å². The smallest absolute Gasteiger partial charge is 0.131 e. The van der Waals surface area contributed by atoms with Crippen molar-refractivity contribution in [1.82, 2.24) is 0 Å². The highest BCUT2D eigenvalue weighted by Gasteiger charge is 2.13. The molecular formula is C24H30N4O. The Labute approximate surface area is 174 Å². The molecule has 5 heteroatoms. The van der Waals surface area contributed by atoms with E-state index in [1.807, 2.05) is 63.2 Å². The molecule has 152 valence electrons. The quantitative estimate of drug-likeness (QED) is 0.415. The number of hydrogen-bond acceptors (Lipinski definition) is 4. The fourth-order valence-corrected chi connectivity index (χ4v) is 2.78. The predicted molar refractivity (Wildman–Crippen MR) is 124 cm³/mol. The van der Waals surface area contributed by atoms with E-state index in [1.165, 1.54) is 0 Å². The second kappa shape index (κ2) is 9.73. The van der Waals surface area contributed by atoms with Gasteiger partial charge in [0.1, 0.15) is 11.6 Å². The Hall–Kier alpha value is -3.34. The molecule has 0 aromatic heterocycles. The highest BCUT2D eigenvalue weighted by atomic mass is 16.5. The summed E-state index contributed by atoms with van der Waals surface area (Å²) >= 11 is 0. The van der Waals surface area contributed by atoms with Gasteiger partial charge >= 0.3 is 0 Å². The van der Waals surface area contributed by atoms with Gasteiger partial charge in [-0.3, -0.25) is 4.99 Å². The van der Waals surface area contributed by atoms with E-state index in [2.05, 4.69) is 29.7 Å². The van der Waals surface area contributed by atoms with Gasteiger partial charge in [-0.15, -0.1) is 0 Å². The minimum atomic E-state index is 0.416. The SMILES string of the molecule is C=C(C=C(C)N=C(C)C(=C)C=C1CCOC1=C)N=C(N)c1ccc(N(C)C)cc1. The van der Waals surface area contributed by atoms with Gasteiger partial charge in [-0.25, -0.2) is 4.99 Å². The van der Waals surface area contributed by atoms with Gasteiger partial charge in [0, 0.05) is 43.2 Å². The van der Waals surface area contributed by atoms with Gasteiger partial charge in [0.25, 0.3) is 0 Å². The molecule has 0 amide bonds. The average molecular weight is 391 g/mol. The van der Waals surface area contributed by atoms with Crippen LogP contribution < -0.4 is 10.6 Å². The van der Waals surface area contributed by atoms with Crippen LogP contribution in [0.5, 0.6) is 0 Å². The number of aliphatic imine (C=N–C) groups is 2. The number of anilines is 1. The normalized spacial score (nSPS) is 16.8. The zero-order valence-electron chi connectivity index (χ0n) is 17.8. The molecule has 1 aliphatic heterocycles. The minimum absolute atomic E-state index is 0.416. The highest BCUT2D eigenvalue weighted by Crippen LogP contribution is 2.23. The second-order valence-corrected chi connectivity index (χ2v) is 7.13. The van der Waals surface area contributed by atoms with Gasteiger partial charge in [0.2, 0.25) is 0 Å². The van der Waals surface area contributed by atoms with Crippen LogP contribution in [0.15, 0.2) is 94.4 Å². The van der Waals surface area contributed by atoms with Crippen LogP contribution in [0.25, 0.3) is 0 Å². The molecule has 0 saturated carbocycles. The molecule has 1 aromatic rings. The van der Waals surface area contributed by atoms with Crippen LogP contribution in [0, 0.1) is 0 Å². The third kappa shape index (κ3) is 6.35. The van der Waals surface area contributed by atoms with Crippen LogP contribution in [0.1, 0.15) is 25.8 Å². The van der Waals surface area contributed by atoms with E-state index in [-0.39, 0.29) is 0 Å². The molecule has 5 nitrogen and oxygen atoms in total. The maximum atomic E-state index is 6.12. The van der Waals surface area contributed by atoms with Crippen LogP contribution >= 0.6 is 0 Å². The lowest BCUT2D eigenvalue weighted by Gasteiger charge is -2.12. The van der Waals surface area contributed by atoms with Gasteiger partial charge in [-0.05, 0) is 61.4 Å². The van der Waals surface area contributed by atoms with E-state index in [4.69, 9.17) is 10.5 Å². The van der Waals surface area contributed by atoms with Crippen molar-refractivity contribution in [3.63, 3.8) is 0 Å². The molecule has 0 atom stereocenters. The number of nitrogens with two attached hydrogens (primary N) is 1. The lowest BCUT2D eigenvalue weighted by Crippen LogP contribution is -2.14. The van der Waals surface area contributed by atoms with Crippen LogP contribution in [-0.2, 0) is 4.74 Å². The molecule has 1 heterocycles. The van der Waals surface area contributed by atoms with Crippen LogP contribution in [0.4, 0.5) is 5.69 Å². The Kier molecular flexibility index (Phi) is 7.37. The molecule has 0 aliphatic carbocycles. The summed E-state index contributed by atoms with van der Waals surface area (Å²) in [7, 11) is 3.99. The fourth-order valence-electron chi connectivity index (χ4n) is 2.78. The fraction of sp³-hybridized carbons (Fsp3) is 0.250. The van der Waals surface area contributed by atoms with Crippen molar-refractivity contribution in [1.29, 1.82) is 0 Å². The molecule has 0 spiro atoms. The van der Waals surface area contributed by atoms with Crippen LogP contribution in [0.2, 0.25) is 0 Å². The van der Waals surface area contributed by atoms with Gasteiger partial charge in [-0.1, -0.05) is 19.7 Å². The summed E-state index contributed by atoms with van der Waals surface area (Å²) in [6.07, 6.45) is 4.62. The standard InChI is InChI=1S/C24H30N4O/c1-16(14-22-12-13-29-20(22)5)19(4)26-17(2)15-18(3)27-24(25)21-8-10-23(11-9-21)28(6)7/h8-11,14-15H,1,3,5,12-13H2,2,4,6-7H3,(H2,25,27). The van der Waals surface area contributed by atoms with Gasteiger partial charge in [-0.2, -0.15) is 0 Å². The first-order chi connectivity index (χ1) is 13.7. The number of allylic oxidation sites excluding steroid dienone is 5. The zero-order chi connectivity index (χ0) is 21.6. The summed E-state index contributed by atoms with van der Waals surface area (Å²) in [4.78, 5) is 11.0. The van der Waals surface area contributed by atoms with E-state index in [0.717, 1.165) is 40.2 Å². The molecule has 1 aliphatic rings. The first-order valence-electron chi connectivity index (χ1n) is 9.43. The van der Waals surface area contributed by atoms with E-state index in [9.17, 15) is 0 Å². The molecular weight excluding hydrogens is 360 g/mol. The Morgan fingerprint density at radius 2 is 1.79 bits per heavy atom. The number of nitrogens with zero attached hydrogens (tertiary/aromatic N) is 3. The molecule has 1 saturated heterocycles. The third-order valence-corrected chi connectivity index (χ3v) is 4.48. The molecule has 1 fully saturated rings. The van der Waals surface area contributed by atoms with Crippen molar-refractivity contribution in [3.05, 3.63) is 90.0 Å². The second-order valence-electron chi connectivity index (χ2n) is 7.13. The maximum Gasteiger partial charge on any atom is 0.131 e. The van der Waals surface area contributed by atoms with E-state index in [1.54, 1.807) is 6.08 Å². The van der Waals surface area contributed by atoms with Crippen molar-refractivity contribution in [2.24, 2.45) is 15.7 Å². The first-order valence-corrected chi connectivity index (χ1v) is 9.43. The lowest BCUT2D eigenvalue weighted by atomic mass is 10.1.